The van der Waals surface area contributed by atoms with E-state index in [4.69, 9.17) is 5.11 Å². The summed E-state index contributed by atoms with van der Waals surface area (Å²) in [5, 5.41) is 11.1. The third-order valence-corrected chi connectivity index (χ3v) is 4.25. The smallest absolute Gasteiger partial charge is 0.212 e. The first-order valence-corrected chi connectivity index (χ1v) is 7.08. The summed E-state index contributed by atoms with van der Waals surface area (Å²) < 4.78 is 25.4. The van der Waals surface area contributed by atoms with Crippen molar-refractivity contribution in [3.05, 3.63) is 16.6 Å². The third kappa shape index (κ3) is 4.25. The van der Waals surface area contributed by atoms with Crippen molar-refractivity contribution in [1.82, 2.24) is 9.71 Å². The minimum absolute atomic E-state index is 0.0563. The number of hydrogen-bond donors (Lipinski definition) is 2. The highest BCUT2D eigenvalue weighted by Crippen LogP contribution is 2.15. The van der Waals surface area contributed by atoms with E-state index >= 15 is 0 Å². The molecule has 0 aromatic carbocycles. The van der Waals surface area contributed by atoms with Crippen LogP contribution in [0.3, 0.4) is 0 Å². The summed E-state index contributed by atoms with van der Waals surface area (Å²) in [6.45, 7) is 1.63. The van der Waals surface area contributed by atoms with Crippen molar-refractivity contribution in [2.75, 3.05) is 12.4 Å². The first-order valence-electron chi connectivity index (χ1n) is 4.55. The molecule has 5 nitrogen and oxygen atoms in total. The van der Waals surface area contributed by atoms with Crippen LogP contribution in [-0.2, 0) is 10.0 Å². The minimum Gasteiger partial charge on any atom is -0.396 e. The van der Waals surface area contributed by atoms with Crippen molar-refractivity contribution in [1.29, 1.82) is 0 Å². The van der Waals surface area contributed by atoms with Crippen molar-refractivity contribution in [2.45, 2.75) is 19.4 Å². The molecule has 0 saturated carbocycles. The van der Waals surface area contributed by atoms with E-state index < -0.39 is 10.0 Å². The molecule has 0 aliphatic rings. The first kappa shape index (κ1) is 12.6. The molecule has 1 aromatic heterocycles. The normalized spacial score (nSPS) is 14.0. The number of thiazole rings is 1. The fourth-order valence-corrected chi connectivity index (χ4v) is 3.08. The predicted octanol–water partition coefficient (Wildman–Crippen LogP) is 0.506. The molecule has 1 heterocycles. The van der Waals surface area contributed by atoms with Crippen LogP contribution in [0.25, 0.3) is 0 Å². The summed E-state index contributed by atoms with van der Waals surface area (Å²) in [6.07, 6.45) is 1.89. The van der Waals surface area contributed by atoms with Gasteiger partial charge in [-0.3, -0.25) is 0 Å². The standard InChI is InChI=1S/C8H14N2O3S2/c1-7(8-9-3-5-14-8)10-15(12,13)6-2-4-11/h3,5,7,10-11H,2,4,6H2,1H3. The van der Waals surface area contributed by atoms with E-state index in [0.29, 0.717) is 0 Å². The SMILES string of the molecule is CC(NS(=O)(=O)CCCO)c1nccs1. The molecular weight excluding hydrogens is 236 g/mol. The monoisotopic (exact) mass is 250 g/mol. The lowest BCUT2D eigenvalue weighted by atomic mass is 10.4. The van der Waals surface area contributed by atoms with Gasteiger partial charge in [0.05, 0.1) is 11.8 Å². The van der Waals surface area contributed by atoms with E-state index in [1.54, 1.807) is 18.5 Å². The van der Waals surface area contributed by atoms with Crippen LogP contribution < -0.4 is 4.72 Å². The zero-order chi connectivity index (χ0) is 11.3. The fourth-order valence-electron chi connectivity index (χ4n) is 1.08. The Bertz CT molecular complexity index is 375. The maximum absolute atomic E-state index is 11.4. The van der Waals surface area contributed by atoms with Crippen molar-refractivity contribution in [2.24, 2.45) is 0 Å². The maximum Gasteiger partial charge on any atom is 0.212 e. The van der Waals surface area contributed by atoms with Crippen LogP contribution in [0.2, 0.25) is 0 Å². The van der Waals surface area contributed by atoms with E-state index in [1.807, 2.05) is 0 Å². The molecule has 0 radical (unpaired) electrons. The number of nitrogens with one attached hydrogen (secondary N) is 1. The summed E-state index contributed by atoms with van der Waals surface area (Å²) >= 11 is 1.41. The van der Waals surface area contributed by atoms with E-state index in [0.717, 1.165) is 5.01 Å². The van der Waals surface area contributed by atoms with Gasteiger partial charge in [-0.05, 0) is 13.3 Å². The third-order valence-electron chi connectivity index (χ3n) is 1.75. The van der Waals surface area contributed by atoms with Gasteiger partial charge in [0.15, 0.2) is 0 Å². The van der Waals surface area contributed by atoms with Crippen molar-refractivity contribution >= 4 is 21.4 Å². The summed E-state index contributed by atoms with van der Waals surface area (Å²) in [5.74, 6) is -0.0563. The first-order chi connectivity index (χ1) is 7.05. The highest BCUT2D eigenvalue weighted by Gasteiger charge is 2.16. The van der Waals surface area contributed by atoms with Gasteiger partial charge in [0.1, 0.15) is 5.01 Å². The molecule has 2 N–H and O–H groups in total. The molecule has 0 saturated heterocycles. The molecule has 15 heavy (non-hydrogen) atoms. The Balaban J connectivity index is 2.54. The van der Waals surface area contributed by atoms with Crippen molar-refractivity contribution in [3.63, 3.8) is 0 Å². The molecule has 86 valence electrons. The van der Waals surface area contributed by atoms with Crippen LogP contribution in [0.1, 0.15) is 24.4 Å². The number of nitrogens with zero attached hydrogens (tertiary/aromatic N) is 1. The Labute approximate surface area is 93.2 Å². The van der Waals surface area contributed by atoms with E-state index in [2.05, 4.69) is 9.71 Å². The molecule has 0 aliphatic carbocycles. The molecular formula is C8H14N2O3S2. The molecule has 0 fully saturated rings. The highest BCUT2D eigenvalue weighted by molar-refractivity contribution is 7.89. The number of hydrogen-bond acceptors (Lipinski definition) is 5. The summed E-state index contributed by atoms with van der Waals surface area (Å²) in [4.78, 5) is 4.02. The Kier molecular flexibility index (Phi) is 4.65. The van der Waals surface area contributed by atoms with Crippen LogP contribution in [-0.4, -0.2) is 30.9 Å². The molecule has 1 aromatic rings. The lowest BCUT2D eigenvalue weighted by Crippen LogP contribution is -2.29. The van der Waals surface area contributed by atoms with Crippen LogP contribution in [0, 0.1) is 0 Å². The molecule has 1 atom stereocenters. The van der Waals surface area contributed by atoms with E-state index in [1.165, 1.54) is 11.3 Å². The summed E-state index contributed by atoms with van der Waals surface area (Å²) in [7, 11) is -3.31. The molecule has 0 spiro atoms. The number of aliphatic hydroxyl groups excluding tert-OH is 1. The van der Waals surface area contributed by atoms with E-state index in [9.17, 15) is 8.42 Å². The second-order valence-electron chi connectivity index (χ2n) is 3.11. The minimum atomic E-state index is -3.31. The summed E-state index contributed by atoms with van der Waals surface area (Å²) in [6, 6.07) is -0.311. The topological polar surface area (TPSA) is 79.3 Å². The number of sulfonamides is 1. The van der Waals surface area contributed by atoms with Gasteiger partial charge in [0.25, 0.3) is 0 Å². The quantitative estimate of drug-likeness (QED) is 0.771. The fraction of sp³-hybridized carbons (Fsp3) is 0.625. The van der Waals surface area contributed by atoms with Crippen molar-refractivity contribution in [3.8, 4) is 0 Å². The van der Waals surface area contributed by atoms with Crippen molar-refractivity contribution < 1.29 is 13.5 Å². The molecule has 0 bridgehead atoms. The second-order valence-corrected chi connectivity index (χ2v) is 5.91. The van der Waals surface area contributed by atoms with E-state index in [-0.39, 0.29) is 24.8 Å². The van der Waals surface area contributed by atoms with Gasteiger partial charge in [-0.2, -0.15) is 0 Å². The second kappa shape index (κ2) is 5.55. The highest BCUT2D eigenvalue weighted by atomic mass is 32.2. The number of aromatic nitrogens is 1. The van der Waals surface area contributed by atoms with Gasteiger partial charge < -0.3 is 5.11 Å². The molecule has 1 unspecified atom stereocenters. The Morgan fingerprint density at radius 1 is 1.67 bits per heavy atom. The Morgan fingerprint density at radius 3 is 2.93 bits per heavy atom. The van der Waals surface area contributed by atoms with Gasteiger partial charge in [0, 0.05) is 18.2 Å². The zero-order valence-electron chi connectivity index (χ0n) is 8.38. The van der Waals surface area contributed by atoms with Gasteiger partial charge in [0.2, 0.25) is 10.0 Å². The van der Waals surface area contributed by atoms with Crippen LogP contribution in [0.4, 0.5) is 0 Å². The van der Waals surface area contributed by atoms with Gasteiger partial charge in [-0.25, -0.2) is 18.1 Å². The van der Waals surface area contributed by atoms with Crippen LogP contribution in [0.5, 0.6) is 0 Å². The average Bonchev–Trinajstić information content (AvgIpc) is 2.67. The lowest BCUT2D eigenvalue weighted by Gasteiger charge is -2.11. The lowest BCUT2D eigenvalue weighted by molar-refractivity contribution is 0.295. The Morgan fingerprint density at radius 2 is 2.40 bits per heavy atom. The average molecular weight is 250 g/mol. The number of rotatable bonds is 6. The molecule has 0 aliphatic heterocycles. The largest absolute Gasteiger partial charge is 0.396 e. The molecule has 0 amide bonds. The number of aliphatic hydroxyl groups is 1. The Hall–Kier alpha value is -0.500. The molecule has 7 heteroatoms. The predicted molar refractivity (Wildman–Crippen MR) is 59.2 cm³/mol. The van der Waals surface area contributed by atoms with Gasteiger partial charge >= 0.3 is 0 Å². The van der Waals surface area contributed by atoms with Crippen LogP contribution in [0.15, 0.2) is 11.6 Å². The van der Waals surface area contributed by atoms with Gasteiger partial charge in [-0.15, -0.1) is 11.3 Å². The maximum atomic E-state index is 11.4. The summed E-state index contributed by atoms with van der Waals surface area (Å²) in [5.41, 5.74) is 0. The zero-order valence-corrected chi connectivity index (χ0v) is 10.0. The van der Waals surface area contributed by atoms with Crippen LogP contribution >= 0.6 is 11.3 Å². The van der Waals surface area contributed by atoms with Gasteiger partial charge in [-0.1, -0.05) is 0 Å². The molecule has 1 rings (SSSR count).